The first-order chi connectivity index (χ1) is 13.1. The van der Waals surface area contributed by atoms with Crippen LogP contribution < -0.4 is 16.4 Å². The lowest BCUT2D eigenvalue weighted by Crippen LogP contribution is -2.42. The molecule has 6 heteroatoms. The average Bonchev–Trinajstić information content (AvgIpc) is 2.69. The van der Waals surface area contributed by atoms with E-state index in [1.54, 1.807) is 0 Å². The van der Waals surface area contributed by atoms with Gasteiger partial charge < -0.3 is 21.5 Å². The van der Waals surface area contributed by atoms with E-state index >= 15 is 0 Å². The van der Waals surface area contributed by atoms with Gasteiger partial charge in [0, 0.05) is 19.0 Å². The van der Waals surface area contributed by atoms with Gasteiger partial charge in [0.25, 0.3) is 0 Å². The first kappa shape index (κ1) is 20.5. The van der Waals surface area contributed by atoms with Gasteiger partial charge in [-0.2, -0.15) is 0 Å². The number of unbranched alkanes of at least 4 members (excludes halogenated alkanes) is 1. The van der Waals surface area contributed by atoms with Crippen LogP contribution in [0.1, 0.15) is 36.3 Å². The van der Waals surface area contributed by atoms with E-state index in [0.29, 0.717) is 32.4 Å². The zero-order chi connectivity index (χ0) is 19.5. The van der Waals surface area contributed by atoms with Gasteiger partial charge in [-0.25, -0.2) is 4.79 Å². The molecule has 0 saturated heterocycles. The van der Waals surface area contributed by atoms with Gasteiger partial charge in [0.05, 0.1) is 6.04 Å². The Morgan fingerprint density at radius 2 is 1.44 bits per heavy atom. The molecular weight excluding hydrogens is 342 g/mol. The van der Waals surface area contributed by atoms with Crippen LogP contribution in [-0.4, -0.2) is 36.2 Å². The molecule has 0 aliphatic carbocycles. The van der Waals surface area contributed by atoms with Crippen LogP contribution in [0.25, 0.3) is 0 Å². The number of carbonyl (C=O) groups is 2. The highest BCUT2D eigenvalue weighted by molar-refractivity contribution is 5.81. The molecule has 6 nitrogen and oxygen atoms in total. The smallest absolute Gasteiger partial charge is 0.404 e. The van der Waals surface area contributed by atoms with Crippen LogP contribution in [0.5, 0.6) is 0 Å². The van der Waals surface area contributed by atoms with Crippen molar-refractivity contribution in [1.29, 1.82) is 0 Å². The molecule has 0 aliphatic rings. The maximum Gasteiger partial charge on any atom is 0.404 e. The lowest BCUT2D eigenvalue weighted by atomic mass is 9.91. The molecule has 0 aliphatic heterocycles. The van der Waals surface area contributed by atoms with Crippen LogP contribution in [0, 0.1) is 0 Å². The summed E-state index contributed by atoms with van der Waals surface area (Å²) in [7, 11) is 0. The highest BCUT2D eigenvalue weighted by Crippen LogP contribution is 2.23. The first-order valence-corrected chi connectivity index (χ1v) is 9.18. The Hall–Kier alpha value is -2.86. The SMILES string of the molecule is N[C@@H](CCCCNC(=O)O)C(=O)NCC(c1ccccc1)c1ccccc1. The van der Waals surface area contributed by atoms with Crippen molar-refractivity contribution in [1.82, 2.24) is 10.6 Å². The van der Waals surface area contributed by atoms with E-state index in [4.69, 9.17) is 10.8 Å². The third-order valence-electron chi connectivity index (χ3n) is 4.44. The van der Waals surface area contributed by atoms with E-state index in [1.807, 2.05) is 36.4 Å². The van der Waals surface area contributed by atoms with Crippen LogP contribution in [0.3, 0.4) is 0 Å². The number of carboxylic acid groups (broad SMARTS) is 1. The summed E-state index contributed by atoms with van der Waals surface area (Å²) in [5.74, 6) is -0.124. The van der Waals surface area contributed by atoms with Gasteiger partial charge in [-0.15, -0.1) is 0 Å². The molecule has 1 atom stereocenters. The number of benzene rings is 2. The van der Waals surface area contributed by atoms with Gasteiger partial charge >= 0.3 is 6.09 Å². The van der Waals surface area contributed by atoms with Gasteiger partial charge in [-0.3, -0.25) is 4.79 Å². The monoisotopic (exact) mass is 369 g/mol. The fourth-order valence-corrected chi connectivity index (χ4v) is 2.95. The summed E-state index contributed by atoms with van der Waals surface area (Å²) in [6.45, 7) is 0.842. The van der Waals surface area contributed by atoms with Crippen molar-refractivity contribution in [2.45, 2.75) is 31.2 Å². The summed E-state index contributed by atoms with van der Waals surface area (Å²) >= 11 is 0. The van der Waals surface area contributed by atoms with Crippen LogP contribution >= 0.6 is 0 Å². The van der Waals surface area contributed by atoms with E-state index in [0.717, 1.165) is 11.1 Å². The molecule has 27 heavy (non-hydrogen) atoms. The predicted octanol–water partition coefficient (Wildman–Crippen LogP) is 2.70. The summed E-state index contributed by atoms with van der Waals surface area (Å²) < 4.78 is 0. The maximum absolute atomic E-state index is 12.3. The van der Waals surface area contributed by atoms with Crippen molar-refractivity contribution in [2.75, 3.05) is 13.1 Å². The van der Waals surface area contributed by atoms with Gasteiger partial charge in [-0.1, -0.05) is 60.7 Å². The highest BCUT2D eigenvalue weighted by Gasteiger charge is 2.18. The molecule has 0 saturated carbocycles. The summed E-state index contributed by atoms with van der Waals surface area (Å²) in [5, 5.41) is 13.8. The van der Waals surface area contributed by atoms with Crippen molar-refractivity contribution in [3.8, 4) is 0 Å². The molecule has 0 fully saturated rings. The Morgan fingerprint density at radius 1 is 0.889 bits per heavy atom. The molecule has 0 radical (unpaired) electrons. The Bertz CT molecular complexity index is 668. The highest BCUT2D eigenvalue weighted by atomic mass is 16.4. The summed E-state index contributed by atoms with van der Waals surface area (Å²) in [6, 6.07) is 19.5. The zero-order valence-corrected chi connectivity index (χ0v) is 15.3. The van der Waals surface area contributed by atoms with Crippen molar-refractivity contribution >= 4 is 12.0 Å². The molecule has 144 valence electrons. The molecule has 5 N–H and O–H groups in total. The van der Waals surface area contributed by atoms with E-state index < -0.39 is 12.1 Å². The fourth-order valence-electron chi connectivity index (χ4n) is 2.95. The van der Waals surface area contributed by atoms with Crippen molar-refractivity contribution < 1.29 is 14.7 Å². The zero-order valence-electron chi connectivity index (χ0n) is 15.3. The van der Waals surface area contributed by atoms with Crippen LogP contribution in [0.4, 0.5) is 4.79 Å². The Labute approximate surface area is 159 Å². The Balaban J connectivity index is 1.87. The largest absolute Gasteiger partial charge is 0.465 e. The Morgan fingerprint density at radius 3 is 1.96 bits per heavy atom. The molecule has 2 aromatic rings. The molecule has 2 aromatic carbocycles. The van der Waals surface area contributed by atoms with E-state index in [1.165, 1.54) is 0 Å². The second-order valence-corrected chi connectivity index (χ2v) is 6.45. The number of nitrogens with two attached hydrogens (primary N) is 1. The molecule has 2 amide bonds. The minimum atomic E-state index is -1.04. The van der Waals surface area contributed by atoms with Crippen molar-refractivity contribution in [3.63, 3.8) is 0 Å². The van der Waals surface area contributed by atoms with Crippen molar-refractivity contribution in [2.24, 2.45) is 5.73 Å². The fraction of sp³-hybridized carbons (Fsp3) is 0.333. The molecule has 2 rings (SSSR count). The minimum Gasteiger partial charge on any atom is -0.465 e. The maximum atomic E-state index is 12.3. The van der Waals surface area contributed by atoms with E-state index in [-0.39, 0.29) is 11.8 Å². The molecule has 0 aromatic heterocycles. The third kappa shape index (κ3) is 7.11. The standard InChI is InChI=1S/C21H27N3O3/c22-19(13-7-8-14-23-21(26)27)20(25)24-15-18(16-9-3-1-4-10-16)17-11-5-2-6-12-17/h1-6,9-12,18-19,23H,7-8,13-15,22H2,(H,24,25)(H,26,27)/t19-/m0/s1. The van der Waals surface area contributed by atoms with Crippen molar-refractivity contribution in [3.05, 3.63) is 71.8 Å². The molecule has 0 heterocycles. The summed E-state index contributed by atoms with van der Waals surface area (Å²) in [5.41, 5.74) is 8.25. The quantitative estimate of drug-likeness (QED) is 0.483. The second kappa shape index (κ2) is 11.0. The summed E-state index contributed by atoms with van der Waals surface area (Å²) in [6.07, 6.45) is 0.832. The van der Waals surface area contributed by atoms with Crippen LogP contribution in [0.15, 0.2) is 60.7 Å². The number of rotatable bonds is 10. The van der Waals surface area contributed by atoms with Gasteiger partial charge in [0.2, 0.25) is 5.91 Å². The average molecular weight is 369 g/mol. The molecular formula is C21H27N3O3. The Kier molecular flexibility index (Phi) is 8.32. The predicted molar refractivity (Wildman–Crippen MR) is 106 cm³/mol. The topological polar surface area (TPSA) is 104 Å². The van der Waals surface area contributed by atoms with Gasteiger partial charge in [-0.05, 0) is 30.4 Å². The number of carbonyl (C=O) groups excluding carboxylic acids is 1. The van der Waals surface area contributed by atoms with Crippen LogP contribution in [0.2, 0.25) is 0 Å². The molecule has 0 unspecified atom stereocenters. The van der Waals surface area contributed by atoms with E-state index in [9.17, 15) is 9.59 Å². The van der Waals surface area contributed by atoms with E-state index in [2.05, 4.69) is 34.9 Å². The normalized spacial score (nSPS) is 11.8. The number of nitrogens with one attached hydrogen (secondary N) is 2. The lowest BCUT2D eigenvalue weighted by Gasteiger charge is -2.20. The third-order valence-corrected chi connectivity index (χ3v) is 4.44. The van der Waals surface area contributed by atoms with Gasteiger partial charge in [0.15, 0.2) is 0 Å². The molecule has 0 spiro atoms. The number of hydrogen-bond donors (Lipinski definition) is 4. The van der Waals surface area contributed by atoms with Gasteiger partial charge in [0.1, 0.15) is 0 Å². The van der Waals surface area contributed by atoms with Crippen LogP contribution in [-0.2, 0) is 4.79 Å². The molecule has 0 bridgehead atoms. The minimum absolute atomic E-state index is 0.0586. The summed E-state index contributed by atoms with van der Waals surface area (Å²) in [4.78, 5) is 22.7. The number of amides is 2. The lowest BCUT2D eigenvalue weighted by molar-refractivity contribution is -0.122. The second-order valence-electron chi connectivity index (χ2n) is 6.45. The number of hydrogen-bond acceptors (Lipinski definition) is 3. The first-order valence-electron chi connectivity index (χ1n) is 9.18.